The van der Waals surface area contributed by atoms with Gasteiger partial charge in [0.1, 0.15) is 17.4 Å². The molecule has 0 bridgehead atoms. The number of benzene rings is 1. The molecule has 19 heavy (non-hydrogen) atoms. The number of hydrogen-bond donors (Lipinski definition) is 2. The summed E-state index contributed by atoms with van der Waals surface area (Å²) in [5.74, 6) is -2.21. The number of rotatable bonds is 4. The number of carbonyl (C=O) groups is 1. The number of furan rings is 1. The first-order chi connectivity index (χ1) is 8.97. The highest BCUT2D eigenvalue weighted by molar-refractivity contribution is 9.10. The molecule has 3 N–H and O–H groups in total. The summed E-state index contributed by atoms with van der Waals surface area (Å²) in [6.07, 6.45) is 0. The number of hydrogen-bond acceptors (Lipinski definition) is 3. The summed E-state index contributed by atoms with van der Waals surface area (Å²) >= 11 is 3.13. The van der Waals surface area contributed by atoms with Gasteiger partial charge in [-0.25, -0.2) is 8.78 Å². The molecule has 1 aromatic heterocycles. The first-order valence-electron chi connectivity index (χ1n) is 5.24. The van der Waals surface area contributed by atoms with Gasteiger partial charge in [-0.15, -0.1) is 0 Å². The van der Waals surface area contributed by atoms with Crippen molar-refractivity contribution in [3.05, 3.63) is 51.9 Å². The fourth-order valence-electron chi connectivity index (χ4n) is 1.50. The Morgan fingerprint density at radius 1 is 1.32 bits per heavy atom. The van der Waals surface area contributed by atoms with Gasteiger partial charge >= 0.3 is 0 Å². The second kappa shape index (κ2) is 5.40. The van der Waals surface area contributed by atoms with Crippen LogP contribution in [0.3, 0.4) is 0 Å². The molecular formula is C12H9BrF2N2O2. The van der Waals surface area contributed by atoms with E-state index in [1.54, 1.807) is 12.1 Å². The SMILES string of the molecule is NC(=O)c1cc(NCc2ccc(Br)o2)c(F)cc1F. The molecule has 0 unspecified atom stereocenters. The smallest absolute Gasteiger partial charge is 0.251 e. The Hall–Kier alpha value is -1.89. The number of nitrogens with two attached hydrogens (primary N) is 1. The van der Waals surface area contributed by atoms with E-state index in [1.807, 2.05) is 0 Å². The van der Waals surface area contributed by atoms with E-state index < -0.39 is 17.5 Å². The van der Waals surface area contributed by atoms with Crippen molar-refractivity contribution in [1.29, 1.82) is 0 Å². The summed E-state index contributed by atoms with van der Waals surface area (Å²) in [5, 5.41) is 2.70. The van der Waals surface area contributed by atoms with Gasteiger partial charge in [-0.3, -0.25) is 4.79 Å². The van der Waals surface area contributed by atoms with Gasteiger partial charge < -0.3 is 15.5 Å². The van der Waals surface area contributed by atoms with E-state index in [0.717, 1.165) is 6.07 Å². The van der Waals surface area contributed by atoms with Gasteiger partial charge in [0.05, 0.1) is 17.8 Å². The summed E-state index contributed by atoms with van der Waals surface area (Å²) in [6, 6.07) is 5.02. The molecule has 0 aliphatic heterocycles. The fourth-order valence-corrected chi connectivity index (χ4v) is 1.84. The van der Waals surface area contributed by atoms with Gasteiger partial charge in [-0.2, -0.15) is 0 Å². The van der Waals surface area contributed by atoms with Crippen molar-refractivity contribution < 1.29 is 18.0 Å². The Kier molecular flexibility index (Phi) is 3.84. The van der Waals surface area contributed by atoms with Crippen LogP contribution in [-0.2, 0) is 6.54 Å². The number of amides is 1. The fraction of sp³-hybridized carbons (Fsp3) is 0.0833. The number of nitrogens with one attached hydrogen (secondary N) is 1. The van der Waals surface area contributed by atoms with Crippen LogP contribution in [0.1, 0.15) is 16.1 Å². The quantitative estimate of drug-likeness (QED) is 0.905. The van der Waals surface area contributed by atoms with Gasteiger partial charge in [0.25, 0.3) is 5.91 Å². The molecule has 4 nitrogen and oxygen atoms in total. The monoisotopic (exact) mass is 330 g/mol. The topological polar surface area (TPSA) is 68.3 Å². The van der Waals surface area contributed by atoms with Gasteiger partial charge in [-0.1, -0.05) is 0 Å². The Balaban J connectivity index is 2.20. The van der Waals surface area contributed by atoms with Crippen LogP contribution in [0.4, 0.5) is 14.5 Å². The third-order valence-electron chi connectivity index (χ3n) is 2.40. The highest BCUT2D eigenvalue weighted by Gasteiger charge is 2.14. The summed E-state index contributed by atoms with van der Waals surface area (Å²) < 4.78 is 32.5. The Morgan fingerprint density at radius 2 is 2.05 bits per heavy atom. The van der Waals surface area contributed by atoms with Crippen LogP contribution in [0.25, 0.3) is 0 Å². The third-order valence-corrected chi connectivity index (χ3v) is 2.83. The van der Waals surface area contributed by atoms with Crippen molar-refractivity contribution in [3.8, 4) is 0 Å². The average molecular weight is 331 g/mol. The molecule has 0 saturated heterocycles. The number of halogens is 3. The van der Waals surface area contributed by atoms with Crippen LogP contribution < -0.4 is 11.1 Å². The number of carbonyl (C=O) groups excluding carboxylic acids is 1. The number of primary amides is 1. The second-order valence-corrected chi connectivity index (χ2v) is 4.52. The van der Waals surface area contributed by atoms with E-state index in [4.69, 9.17) is 10.2 Å². The van der Waals surface area contributed by atoms with E-state index >= 15 is 0 Å². The Labute approximate surface area is 115 Å². The molecule has 100 valence electrons. The van der Waals surface area contributed by atoms with E-state index in [-0.39, 0.29) is 17.8 Å². The largest absolute Gasteiger partial charge is 0.452 e. The first kappa shape index (κ1) is 13.5. The molecule has 0 radical (unpaired) electrons. The van der Waals surface area contributed by atoms with E-state index in [1.165, 1.54) is 0 Å². The summed E-state index contributed by atoms with van der Waals surface area (Å²) in [6.45, 7) is 0.187. The average Bonchev–Trinajstić information content (AvgIpc) is 2.73. The molecule has 1 aromatic carbocycles. The molecule has 0 spiro atoms. The molecule has 0 aliphatic carbocycles. The normalized spacial score (nSPS) is 10.5. The van der Waals surface area contributed by atoms with Crippen LogP contribution in [0, 0.1) is 11.6 Å². The molecule has 0 atom stereocenters. The van der Waals surface area contributed by atoms with Crippen molar-refractivity contribution in [2.24, 2.45) is 5.73 Å². The van der Waals surface area contributed by atoms with Crippen LogP contribution >= 0.6 is 15.9 Å². The zero-order chi connectivity index (χ0) is 14.0. The summed E-state index contributed by atoms with van der Waals surface area (Å²) in [5.41, 5.74) is 4.59. The van der Waals surface area contributed by atoms with Crippen LogP contribution in [-0.4, -0.2) is 5.91 Å². The van der Waals surface area contributed by atoms with Gasteiger partial charge in [-0.05, 0) is 34.1 Å². The molecule has 1 amide bonds. The lowest BCUT2D eigenvalue weighted by Gasteiger charge is -2.08. The van der Waals surface area contributed by atoms with Crippen molar-refractivity contribution in [1.82, 2.24) is 0 Å². The lowest BCUT2D eigenvalue weighted by Crippen LogP contribution is -2.14. The number of anilines is 1. The zero-order valence-electron chi connectivity index (χ0n) is 9.54. The first-order valence-corrected chi connectivity index (χ1v) is 6.03. The lowest BCUT2D eigenvalue weighted by molar-refractivity contribution is 0.0996. The summed E-state index contributed by atoms with van der Waals surface area (Å²) in [7, 11) is 0. The van der Waals surface area contributed by atoms with Gasteiger partial charge in [0, 0.05) is 6.07 Å². The predicted molar refractivity (Wildman–Crippen MR) is 68.6 cm³/mol. The zero-order valence-corrected chi connectivity index (χ0v) is 11.1. The molecule has 1 heterocycles. The highest BCUT2D eigenvalue weighted by atomic mass is 79.9. The molecule has 2 rings (SSSR count). The maximum atomic E-state index is 13.5. The van der Waals surface area contributed by atoms with Crippen molar-refractivity contribution in [3.63, 3.8) is 0 Å². The molecule has 0 aliphatic rings. The van der Waals surface area contributed by atoms with Crippen LogP contribution in [0.15, 0.2) is 33.4 Å². The van der Waals surface area contributed by atoms with E-state index in [0.29, 0.717) is 16.5 Å². The molecular weight excluding hydrogens is 322 g/mol. The molecule has 2 aromatic rings. The second-order valence-electron chi connectivity index (χ2n) is 3.74. The lowest BCUT2D eigenvalue weighted by atomic mass is 10.1. The maximum absolute atomic E-state index is 13.5. The third kappa shape index (κ3) is 3.11. The van der Waals surface area contributed by atoms with Crippen LogP contribution in [0.2, 0.25) is 0 Å². The molecule has 7 heteroatoms. The van der Waals surface area contributed by atoms with E-state index in [2.05, 4.69) is 21.2 Å². The molecule has 0 fully saturated rings. The van der Waals surface area contributed by atoms with Crippen molar-refractivity contribution >= 4 is 27.5 Å². The Morgan fingerprint density at radius 3 is 2.63 bits per heavy atom. The van der Waals surface area contributed by atoms with Gasteiger partial charge in [0.2, 0.25) is 0 Å². The maximum Gasteiger partial charge on any atom is 0.251 e. The summed E-state index contributed by atoms with van der Waals surface area (Å²) in [4.78, 5) is 11.0. The van der Waals surface area contributed by atoms with Crippen LogP contribution in [0.5, 0.6) is 0 Å². The Bertz CT molecular complexity index is 628. The van der Waals surface area contributed by atoms with Crippen molar-refractivity contribution in [2.45, 2.75) is 6.54 Å². The standard InChI is InChI=1S/C12H9BrF2N2O2/c13-11-2-1-6(19-11)5-17-10-3-7(12(16)18)8(14)4-9(10)15/h1-4,17H,5H2,(H2,16,18). The predicted octanol–water partition coefficient (Wildman–Crippen LogP) is 3.03. The van der Waals surface area contributed by atoms with Gasteiger partial charge in [0.15, 0.2) is 4.67 Å². The minimum absolute atomic E-state index is 0.0253. The van der Waals surface area contributed by atoms with E-state index in [9.17, 15) is 13.6 Å². The van der Waals surface area contributed by atoms with Crippen molar-refractivity contribution in [2.75, 3.05) is 5.32 Å². The minimum Gasteiger partial charge on any atom is -0.452 e. The highest BCUT2D eigenvalue weighted by Crippen LogP contribution is 2.21. The molecule has 0 saturated carbocycles. The minimum atomic E-state index is -0.990.